The minimum absolute atomic E-state index is 0. The van der Waals surface area contributed by atoms with Crippen molar-refractivity contribution in [1.82, 2.24) is 31.5 Å². The first-order valence-corrected chi connectivity index (χ1v) is 15.1. The fourth-order valence-electron chi connectivity index (χ4n) is 5.36. The molecule has 2 bridgehead atoms. The van der Waals surface area contributed by atoms with E-state index < -0.39 is 0 Å². The summed E-state index contributed by atoms with van der Waals surface area (Å²) in [5, 5.41) is 6.51. The number of alkyl carbamates (subject to hydrolysis) is 1. The standard InChI is InChI=1S/C30H53N5O2.BrH.H3N/c36-30(37-27-29-15-8-7-9-16-29)32-18-10-5-3-1-2-4-6-12-20-33-21-13-11-17-31-19-24-34-22-14-23-35(28-34)26-25-33;;/h7-9,15-16,31H,1-6,10-14,17-28H2,(H,32,36);1H;1H3. The fraction of sp³-hybridized carbons (Fsp3) is 0.767. The van der Waals surface area contributed by atoms with Crippen LogP contribution in [0.4, 0.5) is 4.79 Å². The lowest BCUT2D eigenvalue weighted by Crippen LogP contribution is -2.48. The molecule has 1 aromatic rings. The lowest BCUT2D eigenvalue weighted by molar-refractivity contribution is 0.0772. The third-order valence-electron chi connectivity index (χ3n) is 7.65. The molecule has 2 fully saturated rings. The minimum Gasteiger partial charge on any atom is -0.445 e. The van der Waals surface area contributed by atoms with Crippen LogP contribution in [-0.4, -0.2) is 92.9 Å². The Morgan fingerprint density at radius 1 is 0.769 bits per heavy atom. The van der Waals surface area contributed by atoms with Crippen molar-refractivity contribution in [2.24, 2.45) is 0 Å². The summed E-state index contributed by atoms with van der Waals surface area (Å²) in [5.41, 5.74) is 1.02. The first-order chi connectivity index (χ1) is 18.3. The predicted octanol–water partition coefficient (Wildman–Crippen LogP) is 5.42. The van der Waals surface area contributed by atoms with Gasteiger partial charge in [-0.2, -0.15) is 0 Å². The largest absolute Gasteiger partial charge is 0.445 e. The molecule has 8 nitrogen and oxygen atoms in total. The van der Waals surface area contributed by atoms with Gasteiger partial charge in [0.2, 0.25) is 0 Å². The number of halogens is 1. The van der Waals surface area contributed by atoms with Gasteiger partial charge in [-0.15, -0.1) is 17.0 Å². The normalized spacial score (nSPS) is 20.7. The summed E-state index contributed by atoms with van der Waals surface area (Å²) in [6.45, 7) is 13.2. The molecule has 0 aliphatic carbocycles. The molecule has 5 N–H and O–H groups in total. The summed E-state index contributed by atoms with van der Waals surface area (Å²) in [5.74, 6) is 0. The quantitative estimate of drug-likeness (QED) is 0.256. The number of benzene rings is 1. The van der Waals surface area contributed by atoms with Crippen LogP contribution >= 0.6 is 17.0 Å². The average molecular weight is 614 g/mol. The molecule has 3 rings (SSSR count). The summed E-state index contributed by atoms with van der Waals surface area (Å²) in [6, 6.07) is 9.80. The van der Waals surface area contributed by atoms with Gasteiger partial charge in [-0.1, -0.05) is 68.9 Å². The highest BCUT2D eigenvalue weighted by atomic mass is 79.9. The number of carbonyl (C=O) groups excluding carboxylic acids is 1. The molecule has 2 saturated heterocycles. The Morgan fingerprint density at radius 2 is 1.46 bits per heavy atom. The third kappa shape index (κ3) is 17.2. The van der Waals surface area contributed by atoms with Crippen LogP contribution in [0.5, 0.6) is 0 Å². The molecule has 1 aromatic carbocycles. The fourth-order valence-corrected chi connectivity index (χ4v) is 5.36. The number of rotatable bonds is 13. The zero-order chi connectivity index (χ0) is 25.8. The van der Waals surface area contributed by atoms with Gasteiger partial charge >= 0.3 is 6.09 Å². The molecule has 2 aliphatic heterocycles. The highest BCUT2D eigenvalue weighted by molar-refractivity contribution is 8.93. The first kappa shape index (κ1) is 35.8. The maximum atomic E-state index is 11.8. The van der Waals surface area contributed by atoms with Gasteiger partial charge in [0.15, 0.2) is 0 Å². The SMILES string of the molecule is Br.N.O=C(NCCCCCCCCCCN1CCCCNCCN2CCCN(CC1)C2)OCc1ccccc1. The van der Waals surface area contributed by atoms with Crippen molar-refractivity contribution in [1.29, 1.82) is 0 Å². The monoisotopic (exact) mass is 612 g/mol. The number of hydrogen-bond acceptors (Lipinski definition) is 7. The smallest absolute Gasteiger partial charge is 0.407 e. The Bertz CT molecular complexity index is 714. The lowest BCUT2D eigenvalue weighted by Gasteiger charge is -2.36. The van der Waals surface area contributed by atoms with Gasteiger partial charge in [-0.25, -0.2) is 4.79 Å². The van der Waals surface area contributed by atoms with Crippen LogP contribution in [0.25, 0.3) is 0 Å². The van der Waals surface area contributed by atoms with E-state index in [1.54, 1.807) is 0 Å². The van der Waals surface area contributed by atoms with Crippen molar-refractivity contribution in [3.63, 3.8) is 0 Å². The number of fused-ring (bicyclic) bond motifs is 2. The summed E-state index contributed by atoms with van der Waals surface area (Å²) in [6.07, 6.45) is 13.8. The van der Waals surface area contributed by atoms with E-state index in [9.17, 15) is 4.79 Å². The molecular formula is C30H57BrN6O2. The number of carbonyl (C=O) groups is 1. The molecule has 226 valence electrons. The molecule has 2 atom stereocenters. The molecular weight excluding hydrogens is 556 g/mol. The van der Waals surface area contributed by atoms with Crippen molar-refractivity contribution in [2.75, 3.05) is 72.1 Å². The maximum absolute atomic E-state index is 11.8. The van der Waals surface area contributed by atoms with Crippen molar-refractivity contribution < 1.29 is 9.53 Å². The first-order valence-electron chi connectivity index (χ1n) is 15.1. The van der Waals surface area contributed by atoms with E-state index >= 15 is 0 Å². The van der Waals surface area contributed by atoms with Crippen LogP contribution in [-0.2, 0) is 11.3 Å². The predicted molar refractivity (Wildman–Crippen MR) is 168 cm³/mol. The van der Waals surface area contributed by atoms with E-state index in [1.165, 1.54) is 117 Å². The summed E-state index contributed by atoms with van der Waals surface area (Å²) < 4.78 is 5.25. The van der Waals surface area contributed by atoms with E-state index in [0.29, 0.717) is 13.2 Å². The van der Waals surface area contributed by atoms with Gasteiger partial charge in [-0.05, 0) is 57.3 Å². The van der Waals surface area contributed by atoms with Crippen LogP contribution in [0.2, 0.25) is 0 Å². The number of nitrogens with zero attached hydrogens (tertiary/aromatic N) is 3. The van der Waals surface area contributed by atoms with Crippen molar-refractivity contribution in [3.8, 4) is 0 Å². The van der Waals surface area contributed by atoms with E-state index in [1.807, 2.05) is 30.3 Å². The summed E-state index contributed by atoms with van der Waals surface area (Å²) in [4.78, 5) is 19.8. The number of hydrogen-bond donors (Lipinski definition) is 3. The van der Waals surface area contributed by atoms with Gasteiger partial charge in [0.1, 0.15) is 6.61 Å². The zero-order valence-corrected chi connectivity index (χ0v) is 26.1. The maximum Gasteiger partial charge on any atom is 0.407 e. The lowest BCUT2D eigenvalue weighted by atomic mass is 10.1. The third-order valence-corrected chi connectivity index (χ3v) is 7.65. The summed E-state index contributed by atoms with van der Waals surface area (Å²) in [7, 11) is 0. The molecule has 0 aromatic heterocycles. The van der Waals surface area contributed by atoms with Crippen molar-refractivity contribution in [3.05, 3.63) is 35.9 Å². The number of ether oxygens (including phenoxy) is 1. The highest BCUT2D eigenvalue weighted by Crippen LogP contribution is 2.11. The zero-order valence-electron chi connectivity index (χ0n) is 24.4. The molecule has 0 spiro atoms. The van der Waals surface area contributed by atoms with Gasteiger partial charge in [0.05, 0.1) is 6.67 Å². The number of amides is 1. The molecule has 2 heterocycles. The average Bonchev–Trinajstić information content (AvgIpc) is 2.94. The van der Waals surface area contributed by atoms with E-state index in [4.69, 9.17) is 4.74 Å². The molecule has 2 unspecified atom stereocenters. The highest BCUT2D eigenvalue weighted by Gasteiger charge is 2.18. The van der Waals surface area contributed by atoms with Crippen LogP contribution in [0.1, 0.15) is 76.2 Å². The Kier molecular flexibility index (Phi) is 21.5. The molecule has 2 aliphatic rings. The topological polar surface area (TPSA) is 95.1 Å². The van der Waals surface area contributed by atoms with E-state index in [-0.39, 0.29) is 29.2 Å². The minimum atomic E-state index is -0.314. The number of unbranched alkanes of at least 4 members (excludes halogenated alkanes) is 7. The van der Waals surface area contributed by atoms with Gasteiger partial charge < -0.3 is 26.4 Å². The van der Waals surface area contributed by atoms with Crippen molar-refractivity contribution in [2.45, 2.75) is 77.2 Å². The molecule has 39 heavy (non-hydrogen) atoms. The Balaban J connectivity index is 0.00000380. The van der Waals surface area contributed by atoms with Crippen LogP contribution < -0.4 is 16.8 Å². The van der Waals surface area contributed by atoms with E-state index in [0.717, 1.165) is 25.2 Å². The van der Waals surface area contributed by atoms with E-state index in [2.05, 4.69) is 25.3 Å². The molecule has 0 saturated carbocycles. The second-order valence-corrected chi connectivity index (χ2v) is 10.8. The number of nitrogens with one attached hydrogen (secondary N) is 2. The van der Waals surface area contributed by atoms with Gasteiger partial charge in [-0.3, -0.25) is 9.80 Å². The Labute approximate surface area is 248 Å². The summed E-state index contributed by atoms with van der Waals surface area (Å²) >= 11 is 0. The molecule has 9 heteroatoms. The molecule has 1 amide bonds. The van der Waals surface area contributed by atoms with Gasteiger partial charge in [0, 0.05) is 45.8 Å². The second kappa shape index (κ2) is 23.5. The van der Waals surface area contributed by atoms with Crippen LogP contribution in [0.15, 0.2) is 30.3 Å². The molecule has 0 radical (unpaired) electrons. The van der Waals surface area contributed by atoms with Crippen molar-refractivity contribution >= 4 is 23.1 Å². The van der Waals surface area contributed by atoms with Crippen LogP contribution in [0.3, 0.4) is 0 Å². The Morgan fingerprint density at radius 3 is 2.23 bits per heavy atom. The van der Waals surface area contributed by atoms with Crippen LogP contribution in [0, 0.1) is 0 Å². The Hall–Kier alpha value is -1.23. The second-order valence-electron chi connectivity index (χ2n) is 10.8. The van der Waals surface area contributed by atoms with Gasteiger partial charge in [0.25, 0.3) is 0 Å².